The molecule has 2 aromatic carbocycles. The van der Waals surface area contributed by atoms with Crippen LogP contribution in [-0.2, 0) is 29.5 Å². The smallest absolute Gasteiger partial charge is 0.338 e. The zero-order valence-corrected chi connectivity index (χ0v) is 20.0. The largest absolute Gasteiger partial charge is 0.462 e. The summed E-state index contributed by atoms with van der Waals surface area (Å²) < 4.78 is 65.5. The standard InChI is InChI=1S/C21H27N3O7S2/c1-3-22-19-10-5-16(21(25)31-4-2)15-20(19)23-32(26,27)17-6-8-18(9-7-17)33(28,29)24-11-13-30-14-12-24/h5-10,15,22-23H,3-4,11-14H2,1-2H3. The normalized spacial score (nSPS) is 15.1. The van der Waals surface area contributed by atoms with Gasteiger partial charge in [-0.15, -0.1) is 0 Å². The molecule has 1 heterocycles. The SMILES string of the molecule is CCNc1ccc(C(=O)OCC)cc1NS(=O)(=O)c1ccc(S(=O)(=O)N2CCOCC2)cc1. The van der Waals surface area contributed by atoms with Crippen LogP contribution in [0, 0.1) is 0 Å². The van der Waals surface area contributed by atoms with Crippen LogP contribution < -0.4 is 10.0 Å². The van der Waals surface area contributed by atoms with Crippen molar-refractivity contribution >= 4 is 37.4 Å². The average Bonchev–Trinajstić information content (AvgIpc) is 2.81. The minimum atomic E-state index is -4.07. The van der Waals surface area contributed by atoms with Gasteiger partial charge in [0.05, 0.1) is 46.5 Å². The van der Waals surface area contributed by atoms with Gasteiger partial charge in [0.15, 0.2) is 0 Å². The van der Waals surface area contributed by atoms with Crippen LogP contribution in [0.1, 0.15) is 24.2 Å². The van der Waals surface area contributed by atoms with Gasteiger partial charge in [-0.3, -0.25) is 4.72 Å². The highest BCUT2D eigenvalue weighted by molar-refractivity contribution is 7.92. The number of nitrogens with one attached hydrogen (secondary N) is 2. The highest BCUT2D eigenvalue weighted by atomic mass is 32.2. The first kappa shape index (κ1) is 25.0. The Morgan fingerprint density at radius 3 is 2.21 bits per heavy atom. The van der Waals surface area contributed by atoms with Crippen molar-refractivity contribution in [2.45, 2.75) is 23.6 Å². The molecule has 33 heavy (non-hydrogen) atoms. The van der Waals surface area contributed by atoms with Gasteiger partial charge in [-0.1, -0.05) is 0 Å². The van der Waals surface area contributed by atoms with Crippen molar-refractivity contribution in [1.29, 1.82) is 0 Å². The molecule has 0 amide bonds. The van der Waals surface area contributed by atoms with E-state index in [9.17, 15) is 21.6 Å². The number of carbonyl (C=O) groups is 1. The van der Waals surface area contributed by atoms with Crippen molar-refractivity contribution in [3.05, 3.63) is 48.0 Å². The Bertz CT molecular complexity index is 1190. The Morgan fingerprint density at radius 1 is 0.970 bits per heavy atom. The van der Waals surface area contributed by atoms with Crippen LogP contribution in [0.15, 0.2) is 52.3 Å². The molecule has 0 radical (unpaired) electrons. The van der Waals surface area contributed by atoms with E-state index in [1.54, 1.807) is 19.1 Å². The van der Waals surface area contributed by atoms with Crippen molar-refractivity contribution in [2.24, 2.45) is 0 Å². The highest BCUT2D eigenvalue weighted by Crippen LogP contribution is 2.27. The second-order valence-electron chi connectivity index (χ2n) is 7.10. The predicted octanol–water partition coefficient (Wildman–Crippen LogP) is 2.12. The maximum Gasteiger partial charge on any atom is 0.338 e. The number of sulfonamides is 2. The molecule has 0 atom stereocenters. The van der Waals surface area contributed by atoms with Crippen LogP contribution in [0.4, 0.5) is 11.4 Å². The zero-order valence-electron chi connectivity index (χ0n) is 18.4. The first-order valence-corrected chi connectivity index (χ1v) is 13.4. The summed E-state index contributed by atoms with van der Waals surface area (Å²) in [6, 6.07) is 9.52. The van der Waals surface area contributed by atoms with Gasteiger partial charge in [-0.05, 0) is 56.3 Å². The molecule has 0 aromatic heterocycles. The highest BCUT2D eigenvalue weighted by Gasteiger charge is 2.27. The van der Waals surface area contributed by atoms with Gasteiger partial charge < -0.3 is 14.8 Å². The van der Waals surface area contributed by atoms with Crippen LogP contribution in [0.3, 0.4) is 0 Å². The van der Waals surface area contributed by atoms with E-state index in [2.05, 4.69) is 10.0 Å². The number of rotatable bonds is 9. The monoisotopic (exact) mass is 497 g/mol. The van der Waals surface area contributed by atoms with Gasteiger partial charge >= 0.3 is 5.97 Å². The Hall–Kier alpha value is -2.67. The number of anilines is 2. The number of carbonyl (C=O) groups excluding carboxylic acids is 1. The van der Waals surface area contributed by atoms with E-state index in [1.807, 2.05) is 6.92 Å². The summed E-state index contributed by atoms with van der Waals surface area (Å²) >= 11 is 0. The van der Waals surface area contributed by atoms with E-state index < -0.39 is 26.0 Å². The molecule has 2 aromatic rings. The maximum absolute atomic E-state index is 13.0. The topological polar surface area (TPSA) is 131 Å². The van der Waals surface area contributed by atoms with Crippen LogP contribution in [0.2, 0.25) is 0 Å². The molecule has 1 saturated heterocycles. The molecule has 0 bridgehead atoms. The number of nitrogens with zero attached hydrogens (tertiary/aromatic N) is 1. The summed E-state index contributed by atoms with van der Waals surface area (Å²) in [5.41, 5.74) is 0.858. The number of morpholine rings is 1. The third-order valence-electron chi connectivity index (χ3n) is 4.88. The Kier molecular flexibility index (Phi) is 7.95. The summed E-state index contributed by atoms with van der Waals surface area (Å²) in [6.45, 7) is 5.36. The third kappa shape index (κ3) is 5.82. The average molecular weight is 498 g/mol. The van der Waals surface area contributed by atoms with Crippen molar-refractivity contribution in [3.63, 3.8) is 0 Å². The molecule has 0 aliphatic carbocycles. The number of esters is 1. The molecule has 1 fully saturated rings. The first-order valence-electron chi connectivity index (χ1n) is 10.4. The Balaban J connectivity index is 1.87. The molecular formula is C21H27N3O7S2. The van der Waals surface area contributed by atoms with E-state index >= 15 is 0 Å². The summed E-state index contributed by atoms with van der Waals surface area (Å²) in [5.74, 6) is -0.571. The van der Waals surface area contributed by atoms with E-state index in [1.165, 1.54) is 34.6 Å². The fourth-order valence-electron chi connectivity index (χ4n) is 3.25. The van der Waals surface area contributed by atoms with E-state index in [0.717, 1.165) is 0 Å². The molecule has 0 saturated carbocycles. The van der Waals surface area contributed by atoms with Gasteiger partial charge in [-0.2, -0.15) is 4.31 Å². The molecule has 1 aliphatic rings. The number of hydrogen-bond donors (Lipinski definition) is 2. The molecule has 0 spiro atoms. The van der Waals surface area contributed by atoms with Gasteiger partial charge in [0, 0.05) is 19.6 Å². The number of hydrogen-bond acceptors (Lipinski definition) is 8. The second-order valence-corrected chi connectivity index (χ2v) is 10.7. The summed E-state index contributed by atoms with van der Waals surface area (Å²) in [5, 5.41) is 3.04. The zero-order chi connectivity index (χ0) is 24.1. The Labute approximate surface area is 194 Å². The molecule has 0 unspecified atom stereocenters. The molecule has 1 aliphatic heterocycles. The fraction of sp³-hybridized carbons (Fsp3) is 0.381. The quantitative estimate of drug-likeness (QED) is 0.504. The molecule has 180 valence electrons. The maximum atomic E-state index is 13.0. The fourth-order valence-corrected chi connectivity index (χ4v) is 5.72. The predicted molar refractivity (Wildman–Crippen MR) is 123 cm³/mol. The summed E-state index contributed by atoms with van der Waals surface area (Å²) in [6.07, 6.45) is 0. The van der Waals surface area contributed by atoms with Crippen LogP contribution in [0.25, 0.3) is 0 Å². The van der Waals surface area contributed by atoms with E-state index in [4.69, 9.17) is 9.47 Å². The molecule has 10 nitrogen and oxygen atoms in total. The second kappa shape index (κ2) is 10.5. The molecule has 2 N–H and O–H groups in total. The number of benzene rings is 2. The lowest BCUT2D eigenvalue weighted by atomic mass is 10.1. The molecule has 3 rings (SSSR count). The van der Waals surface area contributed by atoms with Gasteiger partial charge in [0.2, 0.25) is 10.0 Å². The van der Waals surface area contributed by atoms with Crippen LogP contribution in [-0.4, -0.2) is 66.6 Å². The summed E-state index contributed by atoms with van der Waals surface area (Å²) in [4.78, 5) is 12.0. The lowest BCUT2D eigenvalue weighted by molar-refractivity contribution is 0.0526. The lowest BCUT2D eigenvalue weighted by Gasteiger charge is -2.26. The van der Waals surface area contributed by atoms with Crippen LogP contribution >= 0.6 is 0 Å². The lowest BCUT2D eigenvalue weighted by Crippen LogP contribution is -2.40. The van der Waals surface area contributed by atoms with E-state index in [0.29, 0.717) is 25.4 Å². The van der Waals surface area contributed by atoms with Crippen molar-refractivity contribution < 1.29 is 31.1 Å². The van der Waals surface area contributed by atoms with Gasteiger partial charge in [-0.25, -0.2) is 21.6 Å². The van der Waals surface area contributed by atoms with Gasteiger partial charge in [0.25, 0.3) is 10.0 Å². The Morgan fingerprint density at radius 2 is 1.61 bits per heavy atom. The molecular weight excluding hydrogens is 470 g/mol. The molecule has 12 heteroatoms. The van der Waals surface area contributed by atoms with Crippen LogP contribution in [0.5, 0.6) is 0 Å². The minimum Gasteiger partial charge on any atom is -0.462 e. The summed E-state index contributed by atoms with van der Waals surface area (Å²) in [7, 11) is -7.81. The van der Waals surface area contributed by atoms with Crippen molar-refractivity contribution in [3.8, 4) is 0 Å². The minimum absolute atomic E-state index is 0.000923. The van der Waals surface area contributed by atoms with Crippen molar-refractivity contribution in [2.75, 3.05) is 49.5 Å². The van der Waals surface area contributed by atoms with E-state index in [-0.39, 0.29) is 40.7 Å². The third-order valence-corrected chi connectivity index (χ3v) is 8.18. The van der Waals surface area contributed by atoms with Gasteiger partial charge in [0.1, 0.15) is 0 Å². The number of ether oxygens (including phenoxy) is 2. The van der Waals surface area contributed by atoms with Crippen molar-refractivity contribution in [1.82, 2.24) is 4.31 Å². The first-order chi connectivity index (χ1) is 15.7.